The summed E-state index contributed by atoms with van der Waals surface area (Å²) < 4.78 is 1.84. The number of nitrogens with zero attached hydrogens (tertiary/aromatic N) is 2. The van der Waals surface area contributed by atoms with Gasteiger partial charge in [0.1, 0.15) is 0 Å². The highest BCUT2D eigenvalue weighted by Crippen LogP contribution is 2.21. The first-order chi connectivity index (χ1) is 9.63. The van der Waals surface area contributed by atoms with Crippen LogP contribution < -0.4 is 0 Å². The lowest BCUT2D eigenvalue weighted by Crippen LogP contribution is -2.02. The molecule has 0 aliphatic carbocycles. The summed E-state index contributed by atoms with van der Waals surface area (Å²) in [5, 5.41) is 4.55. The van der Waals surface area contributed by atoms with E-state index in [1.165, 1.54) is 11.1 Å². The molecule has 0 spiro atoms. The summed E-state index contributed by atoms with van der Waals surface area (Å²) in [5.41, 5.74) is 3.94. The number of aromatic nitrogens is 2. The Morgan fingerprint density at radius 1 is 1.35 bits per heavy atom. The van der Waals surface area contributed by atoms with Crippen molar-refractivity contribution in [2.24, 2.45) is 0 Å². The second kappa shape index (κ2) is 6.33. The van der Waals surface area contributed by atoms with Crippen LogP contribution >= 0.6 is 0 Å². The van der Waals surface area contributed by atoms with Crippen LogP contribution in [0.3, 0.4) is 0 Å². The number of allylic oxidation sites excluding steroid dienone is 1. The summed E-state index contributed by atoms with van der Waals surface area (Å²) in [5.74, 6) is 0.215. The van der Waals surface area contributed by atoms with Crippen molar-refractivity contribution in [2.45, 2.75) is 32.7 Å². The van der Waals surface area contributed by atoms with Crippen LogP contribution in [0.5, 0.6) is 0 Å². The Kier molecular flexibility index (Phi) is 4.51. The summed E-state index contributed by atoms with van der Waals surface area (Å²) in [6, 6.07) is 8.34. The molecule has 2 rings (SSSR count). The molecule has 3 heteroatoms. The highest BCUT2D eigenvalue weighted by molar-refractivity contribution is 5.76. The summed E-state index contributed by atoms with van der Waals surface area (Å²) >= 11 is 0. The lowest BCUT2D eigenvalue weighted by atomic mass is 10.0. The number of carbonyl (C=O) groups is 1. The van der Waals surface area contributed by atoms with Gasteiger partial charge in [-0.25, -0.2) is 0 Å². The first-order valence-corrected chi connectivity index (χ1v) is 6.83. The minimum absolute atomic E-state index is 0.215. The maximum Gasteiger partial charge on any atom is 0.153 e. The molecule has 0 radical (unpaired) electrons. The second-order valence-electron chi connectivity index (χ2n) is 5.20. The van der Waals surface area contributed by atoms with Gasteiger partial charge in [-0.3, -0.25) is 9.48 Å². The molecular formula is C17H20N2O. The van der Waals surface area contributed by atoms with Crippen LogP contribution in [0.4, 0.5) is 0 Å². The standard InChI is InChI=1S/C17H20N2O/c1-4-5-14(3)17-16(12-20)11-19(18-17)10-15-8-6-13(2)7-9-15/h4,6-9,11-12,14H,1,5,10H2,2-3H3. The lowest BCUT2D eigenvalue weighted by Gasteiger charge is -2.06. The van der Waals surface area contributed by atoms with Crippen molar-refractivity contribution >= 4 is 6.29 Å². The Bertz CT molecular complexity index is 596. The van der Waals surface area contributed by atoms with E-state index in [4.69, 9.17) is 0 Å². The van der Waals surface area contributed by atoms with Crippen LogP contribution in [-0.4, -0.2) is 16.1 Å². The van der Waals surface area contributed by atoms with Gasteiger partial charge in [0.2, 0.25) is 0 Å². The van der Waals surface area contributed by atoms with Crippen LogP contribution in [0.1, 0.15) is 46.4 Å². The number of carbonyl (C=O) groups excluding carboxylic acids is 1. The molecule has 3 nitrogen and oxygen atoms in total. The third-order valence-electron chi connectivity index (χ3n) is 3.40. The number of aldehydes is 1. The van der Waals surface area contributed by atoms with Gasteiger partial charge in [0.25, 0.3) is 0 Å². The van der Waals surface area contributed by atoms with Gasteiger partial charge in [-0.1, -0.05) is 42.8 Å². The lowest BCUT2D eigenvalue weighted by molar-refractivity contribution is 0.112. The van der Waals surface area contributed by atoms with Crippen molar-refractivity contribution < 1.29 is 4.79 Å². The fourth-order valence-electron chi connectivity index (χ4n) is 2.25. The van der Waals surface area contributed by atoms with Crippen molar-refractivity contribution in [3.63, 3.8) is 0 Å². The zero-order chi connectivity index (χ0) is 14.5. The van der Waals surface area contributed by atoms with Crippen LogP contribution in [0, 0.1) is 6.92 Å². The maximum absolute atomic E-state index is 11.2. The second-order valence-corrected chi connectivity index (χ2v) is 5.20. The predicted octanol–water partition coefficient (Wildman–Crippen LogP) is 3.73. The molecule has 1 atom stereocenters. The van der Waals surface area contributed by atoms with E-state index in [0.717, 1.165) is 18.4 Å². The average molecular weight is 268 g/mol. The fraction of sp³-hybridized carbons (Fsp3) is 0.294. The molecule has 0 amide bonds. The van der Waals surface area contributed by atoms with Gasteiger partial charge in [-0.05, 0) is 18.9 Å². The summed E-state index contributed by atoms with van der Waals surface area (Å²) in [6.07, 6.45) is 5.38. The number of benzene rings is 1. The Morgan fingerprint density at radius 2 is 2.05 bits per heavy atom. The van der Waals surface area contributed by atoms with Gasteiger partial charge in [-0.15, -0.1) is 6.58 Å². The monoisotopic (exact) mass is 268 g/mol. The molecular weight excluding hydrogens is 248 g/mol. The SMILES string of the molecule is C=CCC(C)c1nn(Cc2ccc(C)cc2)cc1C=O. The number of rotatable bonds is 6. The van der Waals surface area contributed by atoms with Gasteiger partial charge in [0.15, 0.2) is 6.29 Å². The van der Waals surface area contributed by atoms with E-state index in [1.54, 1.807) is 0 Å². The highest BCUT2D eigenvalue weighted by Gasteiger charge is 2.14. The van der Waals surface area contributed by atoms with Gasteiger partial charge >= 0.3 is 0 Å². The summed E-state index contributed by atoms with van der Waals surface area (Å²) in [7, 11) is 0. The third kappa shape index (κ3) is 3.23. The molecule has 0 fully saturated rings. The zero-order valence-electron chi connectivity index (χ0n) is 12.0. The van der Waals surface area contributed by atoms with E-state index in [9.17, 15) is 4.79 Å². The average Bonchev–Trinajstić information content (AvgIpc) is 2.85. The minimum Gasteiger partial charge on any atom is -0.298 e. The number of aryl methyl sites for hydroxylation is 1. The number of hydrogen-bond acceptors (Lipinski definition) is 2. The molecule has 104 valence electrons. The molecule has 1 aromatic heterocycles. The molecule has 1 heterocycles. The molecule has 0 N–H and O–H groups in total. The van der Waals surface area contributed by atoms with E-state index in [-0.39, 0.29) is 5.92 Å². The van der Waals surface area contributed by atoms with Crippen molar-refractivity contribution in [3.8, 4) is 0 Å². The Hall–Kier alpha value is -2.16. The first kappa shape index (κ1) is 14.3. The van der Waals surface area contributed by atoms with Crippen LogP contribution in [0.25, 0.3) is 0 Å². The molecule has 20 heavy (non-hydrogen) atoms. The van der Waals surface area contributed by atoms with Crippen molar-refractivity contribution in [1.29, 1.82) is 0 Å². The highest BCUT2D eigenvalue weighted by atomic mass is 16.1. The van der Waals surface area contributed by atoms with Gasteiger partial charge < -0.3 is 0 Å². The van der Waals surface area contributed by atoms with E-state index in [1.807, 2.05) is 17.0 Å². The van der Waals surface area contributed by atoms with Gasteiger partial charge in [-0.2, -0.15) is 5.10 Å². The topological polar surface area (TPSA) is 34.9 Å². The maximum atomic E-state index is 11.2. The fourth-order valence-corrected chi connectivity index (χ4v) is 2.25. The van der Waals surface area contributed by atoms with E-state index in [0.29, 0.717) is 12.1 Å². The molecule has 1 aromatic carbocycles. The third-order valence-corrected chi connectivity index (χ3v) is 3.40. The molecule has 0 aliphatic heterocycles. The predicted molar refractivity (Wildman–Crippen MR) is 81.1 cm³/mol. The smallest absolute Gasteiger partial charge is 0.153 e. The van der Waals surface area contributed by atoms with Crippen molar-refractivity contribution in [3.05, 3.63) is 65.5 Å². The molecule has 0 saturated carbocycles. The normalized spacial score (nSPS) is 12.1. The Morgan fingerprint density at radius 3 is 2.65 bits per heavy atom. The van der Waals surface area contributed by atoms with Crippen molar-refractivity contribution in [1.82, 2.24) is 9.78 Å². The molecule has 0 aliphatic rings. The van der Waals surface area contributed by atoms with Crippen LogP contribution in [-0.2, 0) is 6.54 Å². The van der Waals surface area contributed by atoms with Gasteiger partial charge in [0, 0.05) is 12.1 Å². The minimum atomic E-state index is 0.215. The van der Waals surface area contributed by atoms with Crippen LogP contribution in [0.2, 0.25) is 0 Å². The van der Waals surface area contributed by atoms with E-state index in [2.05, 4.69) is 49.8 Å². The Balaban J connectivity index is 2.22. The quantitative estimate of drug-likeness (QED) is 0.591. The van der Waals surface area contributed by atoms with E-state index >= 15 is 0 Å². The first-order valence-electron chi connectivity index (χ1n) is 6.83. The molecule has 2 aromatic rings. The van der Waals surface area contributed by atoms with Crippen molar-refractivity contribution in [2.75, 3.05) is 0 Å². The summed E-state index contributed by atoms with van der Waals surface area (Å²) in [6.45, 7) is 8.55. The summed E-state index contributed by atoms with van der Waals surface area (Å²) in [4.78, 5) is 11.2. The Labute approximate surface area is 119 Å². The molecule has 0 bridgehead atoms. The molecule has 1 unspecified atom stereocenters. The van der Waals surface area contributed by atoms with E-state index < -0.39 is 0 Å². The molecule has 0 saturated heterocycles. The van der Waals surface area contributed by atoms with Crippen LogP contribution in [0.15, 0.2) is 43.1 Å². The largest absolute Gasteiger partial charge is 0.298 e. The zero-order valence-corrected chi connectivity index (χ0v) is 12.0. The van der Waals surface area contributed by atoms with Gasteiger partial charge in [0.05, 0.1) is 17.8 Å². The number of hydrogen-bond donors (Lipinski definition) is 0.